The molecule has 1 fully saturated rings. The first-order chi connectivity index (χ1) is 13.5. The van der Waals surface area contributed by atoms with Gasteiger partial charge in [0.25, 0.3) is 0 Å². The molecule has 0 aromatic carbocycles. The van der Waals surface area contributed by atoms with E-state index >= 15 is 0 Å². The largest absolute Gasteiger partial charge is 0.390 e. The molecule has 1 saturated carbocycles. The van der Waals surface area contributed by atoms with Crippen LogP contribution in [0, 0.1) is 11.8 Å². The SMILES string of the molecule is O=C(CO)CCC[C@H](O)[C@H](O)/C=C/C=C/C#C/C=C/C1(O)CCCCCCC1. The fraction of sp³-hybridized carbons (Fsp3) is 0.609. The van der Waals surface area contributed by atoms with Gasteiger partial charge < -0.3 is 20.4 Å². The predicted octanol–water partition coefficient (Wildman–Crippen LogP) is 2.59. The Kier molecular flexibility index (Phi) is 12.4. The van der Waals surface area contributed by atoms with E-state index in [2.05, 4.69) is 11.8 Å². The van der Waals surface area contributed by atoms with E-state index in [1.807, 2.05) is 0 Å². The van der Waals surface area contributed by atoms with Crippen molar-refractivity contribution in [3.63, 3.8) is 0 Å². The van der Waals surface area contributed by atoms with Gasteiger partial charge in [-0.2, -0.15) is 0 Å². The molecule has 0 spiro atoms. The van der Waals surface area contributed by atoms with Crippen molar-refractivity contribution in [2.24, 2.45) is 0 Å². The highest BCUT2D eigenvalue weighted by Crippen LogP contribution is 2.27. The van der Waals surface area contributed by atoms with Crippen LogP contribution in [0.5, 0.6) is 0 Å². The van der Waals surface area contributed by atoms with Gasteiger partial charge in [0.1, 0.15) is 6.61 Å². The molecule has 0 heterocycles. The monoisotopic (exact) mass is 390 g/mol. The highest BCUT2D eigenvalue weighted by molar-refractivity contribution is 5.79. The lowest BCUT2D eigenvalue weighted by Crippen LogP contribution is -2.26. The number of aliphatic hydroxyl groups excluding tert-OH is 3. The molecular weight excluding hydrogens is 356 g/mol. The van der Waals surface area contributed by atoms with Gasteiger partial charge in [-0.3, -0.25) is 4.79 Å². The summed E-state index contributed by atoms with van der Waals surface area (Å²) in [7, 11) is 0. The summed E-state index contributed by atoms with van der Waals surface area (Å²) in [4.78, 5) is 11.0. The molecule has 1 aliphatic carbocycles. The molecule has 5 heteroatoms. The molecule has 4 N–H and O–H groups in total. The molecule has 1 rings (SSSR count). The Labute approximate surface area is 168 Å². The molecule has 0 unspecified atom stereocenters. The van der Waals surface area contributed by atoms with Crippen molar-refractivity contribution in [3.05, 3.63) is 36.5 Å². The smallest absolute Gasteiger partial charge is 0.158 e. The van der Waals surface area contributed by atoms with Gasteiger partial charge in [-0.1, -0.05) is 62.2 Å². The Morgan fingerprint density at radius 2 is 1.64 bits per heavy atom. The van der Waals surface area contributed by atoms with E-state index in [9.17, 15) is 20.1 Å². The van der Waals surface area contributed by atoms with Crippen LogP contribution in [-0.2, 0) is 4.79 Å². The van der Waals surface area contributed by atoms with Gasteiger partial charge in [-0.05, 0) is 43.9 Å². The third-order valence-corrected chi connectivity index (χ3v) is 4.90. The lowest BCUT2D eigenvalue weighted by molar-refractivity contribution is -0.122. The van der Waals surface area contributed by atoms with Crippen LogP contribution in [-0.4, -0.2) is 50.6 Å². The normalized spacial score (nSPS) is 19.9. The minimum Gasteiger partial charge on any atom is -0.390 e. The minimum atomic E-state index is -1.02. The van der Waals surface area contributed by atoms with Crippen molar-refractivity contribution in [2.75, 3.05) is 6.61 Å². The van der Waals surface area contributed by atoms with Crippen LogP contribution in [0.1, 0.15) is 64.2 Å². The number of carbonyl (C=O) groups excluding carboxylic acids is 1. The summed E-state index contributed by atoms with van der Waals surface area (Å²) in [5.41, 5.74) is -0.735. The number of hydrogen-bond acceptors (Lipinski definition) is 5. The van der Waals surface area contributed by atoms with Crippen LogP contribution < -0.4 is 0 Å². The van der Waals surface area contributed by atoms with E-state index in [0.717, 1.165) is 25.7 Å². The van der Waals surface area contributed by atoms with Crippen LogP contribution in [0.25, 0.3) is 0 Å². The van der Waals surface area contributed by atoms with Crippen molar-refractivity contribution >= 4 is 5.78 Å². The average Bonchev–Trinajstić information content (AvgIpc) is 2.66. The summed E-state index contributed by atoms with van der Waals surface area (Å²) in [6.07, 6.45) is 16.1. The zero-order valence-electron chi connectivity index (χ0n) is 16.6. The molecule has 1 aliphatic rings. The van der Waals surface area contributed by atoms with E-state index in [0.29, 0.717) is 6.42 Å². The lowest BCUT2D eigenvalue weighted by atomic mass is 9.87. The minimum absolute atomic E-state index is 0.197. The molecule has 0 aliphatic heterocycles. The van der Waals surface area contributed by atoms with Gasteiger partial charge in [-0.15, -0.1) is 0 Å². The number of aliphatic hydroxyl groups is 4. The van der Waals surface area contributed by atoms with E-state index in [-0.39, 0.29) is 18.6 Å². The molecule has 156 valence electrons. The number of rotatable bonds is 9. The summed E-state index contributed by atoms with van der Waals surface area (Å²) >= 11 is 0. The number of Topliss-reactive ketones (excluding diaryl/α,β-unsaturated/α-hetero) is 1. The topological polar surface area (TPSA) is 98.0 Å². The predicted molar refractivity (Wildman–Crippen MR) is 110 cm³/mol. The van der Waals surface area contributed by atoms with Crippen LogP contribution >= 0.6 is 0 Å². The molecule has 0 bridgehead atoms. The average molecular weight is 391 g/mol. The summed E-state index contributed by atoms with van der Waals surface area (Å²) < 4.78 is 0. The standard InChI is InChI=1S/C23H34O5/c24-19-20(25)13-12-15-22(27)21(26)14-8-4-1-2-5-9-16-23(28)17-10-6-3-7-11-18-23/h1,4,8-9,14,16,21-22,24,26-28H,3,6-7,10-13,15,17-19H2/b4-1+,14-8+,16-9+/t21-,22+/m1/s1. The zero-order chi connectivity index (χ0) is 20.7. The van der Waals surface area contributed by atoms with Gasteiger partial charge in [-0.25, -0.2) is 0 Å². The molecule has 2 atom stereocenters. The second kappa shape index (κ2) is 14.3. The molecule has 0 aromatic rings. The third-order valence-electron chi connectivity index (χ3n) is 4.90. The second-order valence-corrected chi connectivity index (χ2v) is 7.38. The van der Waals surface area contributed by atoms with Gasteiger partial charge in [0.2, 0.25) is 0 Å². The van der Waals surface area contributed by atoms with Crippen molar-refractivity contribution in [3.8, 4) is 11.8 Å². The van der Waals surface area contributed by atoms with Crippen molar-refractivity contribution in [2.45, 2.75) is 82.0 Å². The first kappa shape index (κ1) is 24.3. The highest BCUT2D eigenvalue weighted by Gasteiger charge is 2.23. The maximum atomic E-state index is 11.0. The van der Waals surface area contributed by atoms with E-state index < -0.39 is 24.4 Å². The molecular formula is C23H34O5. The van der Waals surface area contributed by atoms with Crippen molar-refractivity contribution in [1.29, 1.82) is 0 Å². The Bertz CT molecular complexity index is 586. The maximum Gasteiger partial charge on any atom is 0.158 e. The molecule has 0 amide bonds. The Morgan fingerprint density at radius 3 is 2.32 bits per heavy atom. The third kappa shape index (κ3) is 11.2. The number of hydrogen-bond donors (Lipinski definition) is 4. The van der Waals surface area contributed by atoms with E-state index in [1.165, 1.54) is 25.3 Å². The van der Waals surface area contributed by atoms with Crippen LogP contribution in [0.2, 0.25) is 0 Å². The van der Waals surface area contributed by atoms with Crippen molar-refractivity contribution < 1.29 is 25.2 Å². The van der Waals surface area contributed by atoms with E-state index in [1.54, 1.807) is 30.4 Å². The Hall–Kier alpha value is -1.71. The van der Waals surface area contributed by atoms with Gasteiger partial charge >= 0.3 is 0 Å². The zero-order valence-corrected chi connectivity index (χ0v) is 16.6. The molecule has 0 aromatic heterocycles. The fourth-order valence-corrected chi connectivity index (χ4v) is 3.15. The molecule has 28 heavy (non-hydrogen) atoms. The van der Waals surface area contributed by atoms with Gasteiger partial charge in [0, 0.05) is 6.42 Å². The van der Waals surface area contributed by atoms with Crippen LogP contribution in [0.3, 0.4) is 0 Å². The van der Waals surface area contributed by atoms with Gasteiger partial charge in [0.05, 0.1) is 17.8 Å². The first-order valence-electron chi connectivity index (χ1n) is 10.2. The molecule has 5 nitrogen and oxygen atoms in total. The molecule has 0 saturated heterocycles. The second-order valence-electron chi connectivity index (χ2n) is 7.38. The Balaban J connectivity index is 2.33. The van der Waals surface area contributed by atoms with Crippen LogP contribution in [0.15, 0.2) is 36.5 Å². The lowest BCUT2D eigenvalue weighted by Gasteiger charge is -2.26. The highest BCUT2D eigenvalue weighted by atomic mass is 16.3. The van der Waals surface area contributed by atoms with E-state index in [4.69, 9.17) is 5.11 Å². The first-order valence-corrected chi connectivity index (χ1v) is 10.2. The maximum absolute atomic E-state index is 11.0. The number of ketones is 1. The van der Waals surface area contributed by atoms with Crippen LogP contribution in [0.4, 0.5) is 0 Å². The summed E-state index contributed by atoms with van der Waals surface area (Å²) in [6.45, 7) is -0.487. The van der Waals surface area contributed by atoms with Gasteiger partial charge in [0.15, 0.2) is 5.78 Å². The van der Waals surface area contributed by atoms with Crippen molar-refractivity contribution in [1.82, 2.24) is 0 Å². The fourth-order valence-electron chi connectivity index (χ4n) is 3.15. The summed E-state index contributed by atoms with van der Waals surface area (Å²) in [6, 6.07) is 0. The summed E-state index contributed by atoms with van der Waals surface area (Å²) in [5.74, 6) is 5.45. The summed E-state index contributed by atoms with van der Waals surface area (Å²) in [5, 5.41) is 38.8. The Morgan fingerprint density at radius 1 is 1.00 bits per heavy atom. The molecule has 0 radical (unpaired) electrons. The number of allylic oxidation sites excluding steroid dienone is 4. The quantitative estimate of drug-likeness (QED) is 0.358. The number of carbonyl (C=O) groups is 1.